The maximum atomic E-state index is 11.5. The van der Waals surface area contributed by atoms with E-state index in [2.05, 4.69) is 0 Å². The van der Waals surface area contributed by atoms with Crippen molar-refractivity contribution >= 4 is 20.6 Å². The van der Waals surface area contributed by atoms with Crippen LogP contribution in [0.25, 0.3) is 0 Å². The van der Waals surface area contributed by atoms with Crippen molar-refractivity contribution in [2.45, 2.75) is 31.4 Å². The van der Waals surface area contributed by atoms with Gasteiger partial charge in [-0.05, 0) is 12.8 Å². The highest BCUT2D eigenvalue weighted by atomic mass is 32.2. The minimum atomic E-state index is -2.86. The Labute approximate surface area is 82.3 Å². The van der Waals surface area contributed by atoms with Crippen LogP contribution in [-0.2, 0) is 20.6 Å². The first-order chi connectivity index (χ1) is 6.05. The minimum Gasteiger partial charge on any atom is -0.259 e. The maximum absolute atomic E-state index is 11.5. The Hall–Kier alpha value is 0.1000. The second kappa shape index (κ2) is 4.55. The molecule has 1 heterocycles. The van der Waals surface area contributed by atoms with Crippen molar-refractivity contribution in [3.63, 3.8) is 0 Å². The second-order valence-corrected chi connectivity index (χ2v) is 7.53. The third kappa shape index (κ3) is 3.38. The Balaban J connectivity index is 2.42. The zero-order valence-electron chi connectivity index (χ0n) is 7.86. The highest BCUT2D eigenvalue weighted by Crippen LogP contribution is 2.17. The van der Waals surface area contributed by atoms with Gasteiger partial charge in [0.15, 0.2) is 9.84 Å². The molecule has 0 radical (unpaired) electrons. The molecule has 1 saturated heterocycles. The van der Waals surface area contributed by atoms with E-state index < -0.39 is 20.6 Å². The smallest absolute Gasteiger partial charge is 0.151 e. The third-order valence-electron chi connectivity index (χ3n) is 2.26. The first-order valence-electron chi connectivity index (χ1n) is 4.63. The molecule has 78 valence electrons. The quantitative estimate of drug-likeness (QED) is 0.707. The molecule has 1 aliphatic heterocycles. The lowest BCUT2D eigenvalue weighted by Gasteiger charge is -2.06. The first kappa shape index (κ1) is 11.2. The standard InChI is InChI=1S/C8H16O3S2/c1-2-3-5-12(9)8-4-6-13(10,11)7-8/h8H,2-7H2,1H3. The molecule has 0 aliphatic carbocycles. The molecule has 1 aliphatic rings. The van der Waals surface area contributed by atoms with Gasteiger partial charge in [-0.15, -0.1) is 0 Å². The molecule has 5 heteroatoms. The molecular formula is C8H16O3S2. The van der Waals surface area contributed by atoms with E-state index in [0.717, 1.165) is 12.8 Å². The fourth-order valence-electron chi connectivity index (χ4n) is 1.42. The number of hydrogen-bond acceptors (Lipinski definition) is 3. The molecule has 3 nitrogen and oxygen atoms in total. The number of unbranched alkanes of at least 4 members (excludes halogenated alkanes) is 1. The van der Waals surface area contributed by atoms with Gasteiger partial charge in [0.25, 0.3) is 0 Å². The van der Waals surface area contributed by atoms with Gasteiger partial charge >= 0.3 is 0 Å². The second-order valence-electron chi connectivity index (χ2n) is 3.46. The summed E-state index contributed by atoms with van der Waals surface area (Å²) in [5, 5.41) is -0.0865. The van der Waals surface area contributed by atoms with Crippen LogP contribution in [0.3, 0.4) is 0 Å². The molecule has 2 unspecified atom stereocenters. The van der Waals surface area contributed by atoms with Crippen LogP contribution in [0.5, 0.6) is 0 Å². The van der Waals surface area contributed by atoms with Gasteiger partial charge < -0.3 is 0 Å². The van der Waals surface area contributed by atoms with Crippen molar-refractivity contribution in [3.8, 4) is 0 Å². The number of sulfone groups is 1. The van der Waals surface area contributed by atoms with Crippen LogP contribution in [0.15, 0.2) is 0 Å². The topological polar surface area (TPSA) is 51.2 Å². The highest BCUT2D eigenvalue weighted by molar-refractivity contribution is 7.94. The fraction of sp³-hybridized carbons (Fsp3) is 1.00. The Kier molecular flexibility index (Phi) is 3.91. The molecule has 0 aromatic carbocycles. The van der Waals surface area contributed by atoms with E-state index in [-0.39, 0.29) is 16.8 Å². The Morgan fingerprint density at radius 2 is 2.15 bits per heavy atom. The van der Waals surface area contributed by atoms with Crippen molar-refractivity contribution in [2.75, 3.05) is 17.3 Å². The van der Waals surface area contributed by atoms with Gasteiger partial charge in [0.05, 0.1) is 11.5 Å². The highest BCUT2D eigenvalue weighted by Gasteiger charge is 2.31. The summed E-state index contributed by atoms with van der Waals surface area (Å²) in [5.41, 5.74) is 0. The average molecular weight is 224 g/mol. The lowest BCUT2D eigenvalue weighted by molar-refractivity contribution is 0.602. The van der Waals surface area contributed by atoms with E-state index in [4.69, 9.17) is 0 Å². The van der Waals surface area contributed by atoms with Crippen molar-refractivity contribution in [3.05, 3.63) is 0 Å². The van der Waals surface area contributed by atoms with Crippen LogP contribution in [0, 0.1) is 0 Å². The maximum Gasteiger partial charge on any atom is 0.151 e. The Bertz CT molecular complexity index is 282. The van der Waals surface area contributed by atoms with Crippen molar-refractivity contribution in [1.29, 1.82) is 0 Å². The average Bonchev–Trinajstić information content (AvgIpc) is 2.42. The molecule has 0 spiro atoms. The van der Waals surface area contributed by atoms with Crippen LogP contribution in [-0.4, -0.2) is 35.1 Å². The van der Waals surface area contributed by atoms with Gasteiger partial charge in [0, 0.05) is 21.8 Å². The van der Waals surface area contributed by atoms with E-state index in [1.807, 2.05) is 6.92 Å². The largest absolute Gasteiger partial charge is 0.259 e. The summed E-state index contributed by atoms with van der Waals surface area (Å²) in [6, 6.07) is 0. The van der Waals surface area contributed by atoms with Crippen LogP contribution in [0.2, 0.25) is 0 Å². The van der Waals surface area contributed by atoms with Crippen LogP contribution in [0.4, 0.5) is 0 Å². The third-order valence-corrected chi connectivity index (χ3v) is 6.08. The van der Waals surface area contributed by atoms with Gasteiger partial charge in [-0.3, -0.25) is 4.21 Å². The Morgan fingerprint density at radius 3 is 2.62 bits per heavy atom. The molecule has 2 atom stereocenters. The summed E-state index contributed by atoms with van der Waals surface area (Å²) >= 11 is 0. The Morgan fingerprint density at radius 1 is 1.46 bits per heavy atom. The van der Waals surface area contributed by atoms with Gasteiger partial charge in [0.2, 0.25) is 0 Å². The summed E-state index contributed by atoms with van der Waals surface area (Å²) in [5.74, 6) is 1.04. The minimum absolute atomic E-state index is 0.0865. The van der Waals surface area contributed by atoms with Crippen molar-refractivity contribution < 1.29 is 12.6 Å². The van der Waals surface area contributed by atoms with E-state index in [0.29, 0.717) is 12.2 Å². The molecule has 1 rings (SSSR count). The number of hydrogen-bond donors (Lipinski definition) is 0. The zero-order chi connectivity index (χ0) is 9.90. The predicted molar refractivity (Wildman–Crippen MR) is 55.0 cm³/mol. The summed E-state index contributed by atoms with van der Waals surface area (Å²) < 4.78 is 33.7. The molecular weight excluding hydrogens is 208 g/mol. The summed E-state index contributed by atoms with van der Waals surface area (Å²) in [7, 11) is -3.78. The van der Waals surface area contributed by atoms with Gasteiger partial charge in [-0.2, -0.15) is 0 Å². The van der Waals surface area contributed by atoms with Crippen molar-refractivity contribution in [1.82, 2.24) is 0 Å². The summed E-state index contributed by atoms with van der Waals surface area (Å²) in [4.78, 5) is 0. The van der Waals surface area contributed by atoms with E-state index in [1.54, 1.807) is 0 Å². The van der Waals surface area contributed by atoms with E-state index >= 15 is 0 Å². The SMILES string of the molecule is CCCCS(=O)C1CCS(=O)(=O)C1. The molecule has 0 aromatic heterocycles. The predicted octanol–water partition coefficient (Wildman–Crippen LogP) is 0.722. The van der Waals surface area contributed by atoms with Crippen LogP contribution < -0.4 is 0 Å². The molecule has 0 bridgehead atoms. The molecule has 1 fully saturated rings. The normalized spacial score (nSPS) is 28.8. The monoisotopic (exact) mass is 224 g/mol. The summed E-state index contributed by atoms with van der Waals surface area (Å²) in [6.07, 6.45) is 2.55. The van der Waals surface area contributed by atoms with Gasteiger partial charge in [-0.1, -0.05) is 13.3 Å². The van der Waals surface area contributed by atoms with E-state index in [1.165, 1.54) is 0 Å². The number of rotatable bonds is 4. The molecule has 0 N–H and O–H groups in total. The van der Waals surface area contributed by atoms with Crippen LogP contribution in [0.1, 0.15) is 26.2 Å². The van der Waals surface area contributed by atoms with E-state index in [9.17, 15) is 12.6 Å². The molecule has 0 amide bonds. The molecule has 0 saturated carbocycles. The lowest BCUT2D eigenvalue weighted by atomic mass is 10.4. The van der Waals surface area contributed by atoms with Crippen molar-refractivity contribution in [2.24, 2.45) is 0 Å². The zero-order valence-corrected chi connectivity index (χ0v) is 9.49. The first-order valence-corrected chi connectivity index (χ1v) is 7.83. The fourth-order valence-corrected chi connectivity index (χ4v) is 5.63. The summed E-state index contributed by atoms with van der Waals surface area (Å²) in [6.45, 7) is 2.04. The lowest BCUT2D eigenvalue weighted by Crippen LogP contribution is -2.18. The molecule has 13 heavy (non-hydrogen) atoms. The van der Waals surface area contributed by atoms with Gasteiger partial charge in [0.1, 0.15) is 0 Å². The molecule has 0 aromatic rings. The van der Waals surface area contributed by atoms with Crippen LogP contribution >= 0.6 is 0 Å². The van der Waals surface area contributed by atoms with Gasteiger partial charge in [-0.25, -0.2) is 8.42 Å².